The van der Waals surface area contributed by atoms with Crippen LogP contribution < -0.4 is 5.32 Å². The van der Waals surface area contributed by atoms with Crippen LogP contribution in [-0.2, 0) is 6.42 Å². The van der Waals surface area contributed by atoms with E-state index in [4.69, 9.17) is 0 Å². The average Bonchev–Trinajstić information content (AvgIpc) is 2.69. The van der Waals surface area contributed by atoms with Crippen molar-refractivity contribution in [2.75, 3.05) is 5.32 Å². The fourth-order valence-electron chi connectivity index (χ4n) is 3.37. The molecule has 0 bridgehead atoms. The molecule has 128 valence electrons. The zero-order valence-electron chi connectivity index (χ0n) is 14.4. The van der Waals surface area contributed by atoms with E-state index in [1.807, 2.05) is 66.7 Å². The molecule has 0 atom stereocenters. The molecule has 0 spiro atoms. The van der Waals surface area contributed by atoms with Crippen LogP contribution in [0, 0.1) is 0 Å². The molecule has 4 rings (SSSR count). The minimum Gasteiger partial charge on any atom is -0.322 e. The largest absolute Gasteiger partial charge is 0.322 e. The van der Waals surface area contributed by atoms with Crippen molar-refractivity contribution in [3.8, 4) is 11.1 Å². The first-order valence-electron chi connectivity index (χ1n) is 8.84. The monoisotopic (exact) mass is 341 g/mol. The summed E-state index contributed by atoms with van der Waals surface area (Å²) in [4.78, 5) is 24.4. The van der Waals surface area contributed by atoms with Gasteiger partial charge in [0.25, 0.3) is 5.91 Å². The van der Waals surface area contributed by atoms with Crippen molar-refractivity contribution in [1.82, 2.24) is 0 Å². The number of hydrogen-bond donors (Lipinski definition) is 1. The minimum atomic E-state index is -0.147. The van der Waals surface area contributed by atoms with E-state index in [9.17, 15) is 9.59 Å². The molecule has 1 amide bonds. The highest BCUT2D eigenvalue weighted by Crippen LogP contribution is 2.25. The van der Waals surface area contributed by atoms with Gasteiger partial charge in [-0.2, -0.15) is 0 Å². The van der Waals surface area contributed by atoms with Crippen LogP contribution in [0.4, 0.5) is 5.69 Å². The lowest BCUT2D eigenvalue weighted by Gasteiger charge is -2.16. The molecule has 0 fully saturated rings. The lowest BCUT2D eigenvalue weighted by atomic mass is 9.90. The Labute approximate surface area is 152 Å². The van der Waals surface area contributed by atoms with E-state index in [2.05, 4.69) is 5.32 Å². The van der Waals surface area contributed by atoms with Gasteiger partial charge < -0.3 is 5.32 Å². The summed E-state index contributed by atoms with van der Waals surface area (Å²) in [6.07, 6.45) is 2.38. The molecule has 26 heavy (non-hydrogen) atoms. The molecule has 1 aliphatic rings. The molecule has 0 unspecified atom stereocenters. The van der Waals surface area contributed by atoms with Crippen molar-refractivity contribution in [2.45, 2.75) is 19.3 Å². The Morgan fingerprint density at radius 3 is 2.31 bits per heavy atom. The van der Waals surface area contributed by atoms with Gasteiger partial charge >= 0.3 is 0 Å². The summed E-state index contributed by atoms with van der Waals surface area (Å²) in [6, 6.07) is 23.2. The lowest BCUT2D eigenvalue weighted by molar-refractivity contribution is 0.0971. The standard InChI is InChI=1S/C23H19NO2/c25-22-8-4-7-19-15-20(13-14-21(19)22)24-23(26)18-11-9-17(10-12-18)16-5-2-1-3-6-16/h1-3,5-6,9-15H,4,7-8H2,(H,24,26). The van der Waals surface area contributed by atoms with Crippen LogP contribution in [0.5, 0.6) is 0 Å². The number of carbonyl (C=O) groups is 2. The summed E-state index contributed by atoms with van der Waals surface area (Å²) in [5.74, 6) is 0.0484. The van der Waals surface area contributed by atoms with Crippen molar-refractivity contribution in [2.24, 2.45) is 0 Å². The number of aryl methyl sites for hydroxylation is 1. The Hall–Kier alpha value is -3.20. The molecule has 3 nitrogen and oxygen atoms in total. The van der Waals surface area contributed by atoms with E-state index in [0.717, 1.165) is 40.8 Å². The van der Waals surface area contributed by atoms with Crippen molar-refractivity contribution in [3.63, 3.8) is 0 Å². The number of Topliss-reactive ketones (excluding diaryl/α,β-unsaturated/α-hetero) is 1. The normalized spacial score (nSPS) is 13.2. The second kappa shape index (κ2) is 6.96. The molecule has 1 aliphatic carbocycles. The highest BCUT2D eigenvalue weighted by atomic mass is 16.1. The lowest BCUT2D eigenvalue weighted by Crippen LogP contribution is -2.14. The van der Waals surface area contributed by atoms with Gasteiger partial charge in [-0.15, -0.1) is 0 Å². The van der Waals surface area contributed by atoms with Gasteiger partial charge in [-0.05, 0) is 59.9 Å². The number of carbonyl (C=O) groups excluding carboxylic acids is 2. The number of nitrogens with one attached hydrogen (secondary N) is 1. The van der Waals surface area contributed by atoms with Crippen LogP contribution in [0.15, 0.2) is 72.8 Å². The Morgan fingerprint density at radius 2 is 1.54 bits per heavy atom. The van der Waals surface area contributed by atoms with Gasteiger partial charge in [0.1, 0.15) is 0 Å². The van der Waals surface area contributed by atoms with Gasteiger partial charge in [0.05, 0.1) is 0 Å². The summed E-state index contributed by atoms with van der Waals surface area (Å²) in [7, 11) is 0. The Bertz CT molecular complexity index is 959. The smallest absolute Gasteiger partial charge is 0.255 e. The third-order valence-corrected chi connectivity index (χ3v) is 4.77. The molecular weight excluding hydrogens is 322 g/mol. The number of rotatable bonds is 3. The van der Waals surface area contributed by atoms with Gasteiger partial charge in [-0.1, -0.05) is 42.5 Å². The molecule has 1 N–H and O–H groups in total. The maximum atomic E-state index is 12.5. The number of ketones is 1. The van der Waals surface area contributed by atoms with Crippen LogP contribution in [0.3, 0.4) is 0 Å². The maximum absolute atomic E-state index is 12.5. The molecule has 3 heteroatoms. The summed E-state index contributed by atoms with van der Waals surface area (Å²) >= 11 is 0. The topological polar surface area (TPSA) is 46.2 Å². The van der Waals surface area contributed by atoms with E-state index in [1.54, 1.807) is 6.07 Å². The second-order valence-electron chi connectivity index (χ2n) is 6.55. The molecule has 0 saturated heterocycles. The molecule has 0 saturated carbocycles. The quantitative estimate of drug-likeness (QED) is 0.718. The predicted molar refractivity (Wildman–Crippen MR) is 104 cm³/mol. The fourth-order valence-corrected chi connectivity index (χ4v) is 3.37. The first-order valence-corrected chi connectivity index (χ1v) is 8.84. The first-order chi connectivity index (χ1) is 12.7. The second-order valence-corrected chi connectivity index (χ2v) is 6.55. The zero-order chi connectivity index (χ0) is 17.9. The van der Waals surface area contributed by atoms with E-state index in [1.165, 1.54) is 0 Å². The van der Waals surface area contributed by atoms with E-state index in [-0.39, 0.29) is 11.7 Å². The SMILES string of the molecule is O=C(Nc1ccc2c(c1)CCCC2=O)c1ccc(-c2ccccc2)cc1. The van der Waals surface area contributed by atoms with E-state index in [0.29, 0.717) is 12.0 Å². The third kappa shape index (κ3) is 3.29. The molecule has 0 aliphatic heterocycles. The highest BCUT2D eigenvalue weighted by Gasteiger charge is 2.17. The van der Waals surface area contributed by atoms with Crippen LogP contribution in [-0.4, -0.2) is 11.7 Å². The van der Waals surface area contributed by atoms with Crippen molar-refractivity contribution in [1.29, 1.82) is 0 Å². The van der Waals surface area contributed by atoms with Crippen molar-refractivity contribution in [3.05, 3.63) is 89.5 Å². The molecule has 0 heterocycles. The van der Waals surface area contributed by atoms with Gasteiger partial charge in [-0.25, -0.2) is 0 Å². The van der Waals surface area contributed by atoms with Crippen LogP contribution in [0.1, 0.15) is 39.1 Å². The number of anilines is 1. The first kappa shape index (κ1) is 16.3. The number of amides is 1. The van der Waals surface area contributed by atoms with Crippen molar-refractivity contribution >= 4 is 17.4 Å². The molecule has 3 aromatic carbocycles. The van der Waals surface area contributed by atoms with Crippen LogP contribution >= 0.6 is 0 Å². The fraction of sp³-hybridized carbons (Fsp3) is 0.130. The Morgan fingerprint density at radius 1 is 0.808 bits per heavy atom. The van der Waals surface area contributed by atoms with Crippen LogP contribution in [0.2, 0.25) is 0 Å². The minimum absolute atomic E-state index is 0.147. The van der Waals surface area contributed by atoms with Crippen molar-refractivity contribution < 1.29 is 9.59 Å². The molecule has 0 radical (unpaired) electrons. The molecular formula is C23H19NO2. The van der Waals surface area contributed by atoms with Gasteiger partial charge in [0, 0.05) is 23.2 Å². The zero-order valence-corrected chi connectivity index (χ0v) is 14.4. The Kier molecular flexibility index (Phi) is 4.36. The summed E-state index contributed by atoms with van der Waals surface area (Å²) < 4.78 is 0. The van der Waals surface area contributed by atoms with Gasteiger partial charge in [0.2, 0.25) is 0 Å². The number of benzene rings is 3. The van der Waals surface area contributed by atoms with Gasteiger partial charge in [-0.3, -0.25) is 9.59 Å². The number of fused-ring (bicyclic) bond motifs is 1. The molecule has 3 aromatic rings. The molecule has 0 aromatic heterocycles. The van der Waals surface area contributed by atoms with Gasteiger partial charge in [0.15, 0.2) is 5.78 Å². The van der Waals surface area contributed by atoms with E-state index < -0.39 is 0 Å². The maximum Gasteiger partial charge on any atom is 0.255 e. The summed E-state index contributed by atoms with van der Waals surface area (Å²) in [5.41, 5.74) is 5.36. The summed E-state index contributed by atoms with van der Waals surface area (Å²) in [6.45, 7) is 0. The third-order valence-electron chi connectivity index (χ3n) is 4.77. The highest BCUT2D eigenvalue weighted by molar-refractivity contribution is 6.05. The predicted octanol–water partition coefficient (Wildman–Crippen LogP) is 5.12. The number of hydrogen-bond acceptors (Lipinski definition) is 2. The van der Waals surface area contributed by atoms with Crippen LogP contribution in [0.25, 0.3) is 11.1 Å². The summed E-state index contributed by atoms with van der Waals surface area (Å²) in [5, 5.41) is 2.93. The van der Waals surface area contributed by atoms with E-state index >= 15 is 0 Å². The Balaban J connectivity index is 1.51. The average molecular weight is 341 g/mol.